The van der Waals surface area contributed by atoms with Gasteiger partial charge in [-0.1, -0.05) is 18.2 Å². The van der Waals surface area contributed by atoms with Crippen LogP contribution in [-0.4, -0.2) is 34.0 Å². The van der Waals surface area contributed by atoms with Crippen molar-refractivity contribution in [3.05, 3.63) is 78.8 Å². The number of nitrogens with zero attached hydrogens (tertiary/aromatic N) is 3. The zero-order chi connectivity index (χ0) is 21.6. The number of ether oxygens (including phenoxy) is 2. The van der Waals surface area contributed by atoms with Gasteiger partial charge in [-0.25, -0.2) is 9.97 Å². The predicted molar refractivity (Wildman–Crippen MR) is 120 cm³/mol. The summed E-state index contributed by atoms with van der Waals surface area (Å²) in [6, 6.07) is 14.9. The van der Waals surface area contributed by atoms with Crippen molar-refractivity contribution in [1.29, 1.82) is 0 Å². The molecule has 0 radical (unpaired) electrons. The molecule has 31 heavy (non-hydrogen) atoms. The van der Waals surface area contributed by atoms with E-state index in [1.807, 2.05) is 72.2 Å². The number of carbonyl (C=O) groups is 1. The van der Waals surface area contributed by atoms with Crippen molar-refractivity contribution in [2.75, 3.05) is 19.0 Å². The normalized spacial score (nSPS) is 11.0. The van der Waals surface area contributed by atoms with Gasteiger partial charge in [-0.15, -0.1) is 0 Å². The summed E-state index contributed by atoms with van der Waals surface area (Å²) in [5.41, 5.74) is 3.31. The largest absolute Gasteiger partial charge is 0.493 e. The van der Waals surface area contributed by atoms with Crippen LogP contribution in [0.25, 0.3) is 23.1 Å². The lowest BCUT2D eigenvalue weighted by Gasteiger charge is -2.09. The van der Waals surface area contributed by atoms with Crippen molar-refractivity contribution >= 4 is 23.4 Å². The molecular weight excluding hydrogens is 392 g/mol. The molecule has 0 saturated carbocycles. The number of hydrogen-bond donors (Lipinski definition) is 1. The summed E-state index contributed by atoms with van der Waals surface area (Å²) >= 11 is 0. The average molecular weight is 414 g/mol. The van der Waals surface area contributed by atoms with Crippen LogP contribution in [0.3, 0.4) is 0 Å². The van der Waals surface area contributed by atoms with Gasteiger partial charge in [-0.05, 0) is 48.9 Å². The van der Waals surface area contributed by atoms with Gasteiger partial charge in [-0.2, -0.15) is 0 Å². The van der Waals surface area contributed by atoms with Crippen LogP contribution in [0.1, 0.15) is 12.5 Å². The number of fused-ring (bicyclic) bond motifs is 1. The molecule has 1 N–H and O–H groups in total. The molecule has 156 valence electrons. The molecule has 2 heterocycles. The molecule has 0 fully saturated rings. The first-order chi connectivity index (χ1) is 15.2. The van der Waals surface area contributed by atoms with E-state index >= 15 is 0 Å². The summed E-state index contributed by atoms with van der Waals surface area (Å²) < 4.78 is 12.7. The van der Waals surface area contributed by atoms with Crippen molar-refractivity contribution in [3.63, 3.8) is 0 Å². The lowest BCUT2D eigenvalue weighted by molar-refractivity contribution is -0.111. The van der Waals surface area contributed by atoms with E-state index < -0.39 is 0 Å². The molecule has 4 aromatic rings. The Balaban J connectivity index is 1.42. The summed E-state index contributed by atoms with van der Waals surface area (Å²) in [6.07, 6.45) is 8.75. The number of imidazole rings is 1. The van der Waals surface area contributed by atoms with Gasteiger partial charge < -0.3 is 14.8 Å². The fraction of sp³-hybridized carbons (Fsp3) is 0.125. The van der Waals surface area contributed by atoms with Crippen LogP contribution in [0.5, 0.6) is 11.5 Å². The maximum absolute atomic E-state index is 12.3. The summed E-state index contributed by atoms with van der Waals surface area (Å²) in [4.78, 5) is 21.0. The van der Waals surface area contributed by atoms with E-state index in [1.54, 1.807) is 19.4 Å². The highest BCUT2D eigenvalue weighted by Crippen LogP contribution is 2.28. The van der Waals surface area contributed by atoms with Gasteiger partial charge in [0.15, 0.2) is 11.5 Å². The molecule has 0 aliphatic rings. The first kappa shape index (κ1) is 20.2. The quantitative estimate of drug-likeness (QED) is 0.452. The van der Waals surface area contributed by atoms with Gasteiger partial charge in [0, 0.05) is 35.9 Å². The van der Waals surface area contributed by atoms with E-state index in [9.17, 15) is 4.79 Å². The monoisotopic (exact) mass is 414 g/mol. The van der Waals surface area contributed by atoms with Crippen LogP contribution >= 0.6 is 0 Å². The first-order valence-electron chi connectivity index (χ1n) is 9.86. The second-order valence-corrected chi connectivity index (χ2v) is 6.70. The number of carbonyl (C=O) groups excluding carboxylic acids is 1. The van der Waals surface area contributed by atoms with Gasteiger partial charge in [0.05, 0.1) is 19.4 Å². The van der Waals surface area contributed by atoms with E-state index in [2.05, 4.69) is 15.3 Å². The minimum atomic E-state index is -0.224. The lowest BCUT2D eigenvalue weighted by Crippen LogP contribution is -2.07. The Morgan fingerprint density at radius 3 is 2.74 bits per heavy atom. The highest BCUT2D eigenvalue weighted by molar-refractivity contribution is 6.02. The van der Waals surface area contributed by atoms with Crippen LogP contribution in [0, 0.1) is 0 Å². The van der Waals surface area contributed by atoms with E-state index in [-0.39, 0.29) is 5.91 Å². The van der Waals surface area contributed by atoms with Crippen LogP contribution in [0.2, 0.25) is 0 Å². The molecule has 0 atom stereocenters. The molecule has 4 rings (SSSR count). The van der Waals surface area contributed by atoms with E-state index in [4.69, 9.17) is 9.47 Å². The van der Waals surface area contributed by atoms with Gasteiger partial charge in [0.2, 0.25) is 11.7 Å². The zero-order valence-electron chi connectivity index (χ0n) is 17.3. The van der Waals surface area contributed by atoms with E-state index in [0.29, 0.717) is 29.6 Å². The molecule has 1 amide bonds. The molecule has 0 saturated heterocycles. The maximum atomic E-state index is 12.3. The Kier molecular flexibility index (Phi) is 5.93. The second-order valence-electron chi connectivity index (χ2n) is 6.70. The first-order valence-corrected chi connectivity index (χ1v) is 9.86. The zero-order valence-corrected chi connectivity index (χ0v) is 17.3. The lowest BCUT2D eigenvalue weighted by atomic mass is 10.1. The minimum absolute atomic E-state index is 0.224. The third-order valence-electron chi connectivity index (χ3n) is 4.60. The van der Waals surface area contributed by atoms with Crippen LogP contribution in [-0.2, 0) is 4.79 Å². The highest BCUT2D eigenvalue weighted by atomic mass is 16.5. The van der Waals surface area contributed by atoms with Crippen molar-refractivity contribution in [3.8, 4) is 22.8 Å². The van der Waals surface area contributed by atoms with E-state index in [1.165, 1.54) is 6.08 Å². The average Bonchev–Trinajstić information content (AvgIpc) is 3.23. The standard InChI is InChI=1S/C24H22N4O3/c1-3-31-22-15-17(5-11-21(22)30-2)6-12-23(29)26-19-9-7-18(8-10-19)20-16-28-14-4-13-25-24(28)27-20/h4-16H,3H2,1-2H3,(H,26,29)/b12-6+. The predicted octanol–water partition coefficient (Wildman–Crippen LogP) is 4.46. The molecule has 7 nitrogen and oxygen atoms in total. The third kappa shape index (κ3) is 4.72. The van der Waals surface area contributed by atoms with Gasteiger partial charge in [-0.3, -0.25) is 9.20 Å². The number of rotatable bonds is 7. The summed E-state index contributed by atoms with van der Waals surface area (Å²) in [5, 5.41) is 2.86. The van der Waals surface area contributed by atoms with Gasteiger partial charge >= 0.3 is 0 Å². The number of methoxy groups -OCH3 is 1. The Morgan fingerprint density at radius 2 is 2.00 bits per heavy atom. The molecule has 0 bridgehead atoms. The Morgan fingerprint density at radius 1 is 1.16 bits per heavy atom. The fourth-order valence-electron chi connectivity index (χ4n) is 3.11. The SMILES string of the molecule is CCOc1cc(/C=C/C(=O)Nc2ccc(-c3cn4cccnc4n3)cc2)ccc1OC. The third-order valence-corrected chi connectivity index (χ3v) is 4.60. The summed E-state index contributed by atoms with van der Waals surface area (Å²) in [6.45, 7) is 2.44. The van der Waals surface area contributed by atoms with Gasteiger partial charge in [0.25, 0.3) is 0 Å². The number of nitrogens with one attached hydrogen (secondary N) is 1. The molecule has 2 aromatic carbocycles. The topological polar surface area (TPSA) is 77.8 Å². The molecule has 2 aromatic heterocycles. The Bertz CT molecular complexity index is 1200. The van der Waals surface area contributed by atoms with E-state index in [0.717, 1.165) is 16.8 Å². The highest BCUT2D eigenvalue weighted by Gasteiger charge is 2.06. The van der Waals surface area contributed by atoms with Crippen LogP contribution < -0.4 is 14.8 Å². The molecule has 0 aliphatic heterocycles. The molecule has 0 aliphatic carbocycles. The minimum Gasteiger partial charge on any atom is -0.493 e. The number of benzene rings is 2. The summed E-state index contributed by atoms with van der Waals surface area (Å²) in [7, 11) is 1.60. The number of hydrogen-bond acceptors (Lipinski definition) is 5. The maximum Gasteiger partial charge on any atom is 0.248 e. The molecule has 0 unspecified atom stereocenters. The smallest absolute Gasteiger partial charge is 0.248 e. The van der Waals surface area contributed by atoms with Crippen LogP contribution in [0.4, 0.5) is 5.69 Å². The van der Waals surface area contributed by atoms with Crippen molar-refractivity contribution in [2.45, 2.75) is 6.92 Å². The summed E-state index contributed by atoms with van der Waals surface area (Å²) in [5.74, 6) is 1.72. The van der Waals surface area contributed by atoms with Crippen molar-refractivity contribution in [1.82, 2.24) is 14.4 Å². The number of amides is 1. The molecular formula is C24H22N4O3. The van der Waals surface area contributed by atoms with Crippen molar-refractivity contribution < 1.29 is 14.3 Å². The number of aromatic nitrogens is 3. The number of anilines is 1. The Hall–Kier alpha value is -4.13. The van der Waals surface area contributed by atoms with Crippen molar-refractivity contribution in [2.24, 2.45) is 0 Å². The van der Waals surface area contributed by atoms with Crippen LogP contribution in [0.15, 0.2) is 73.2 Å². The Labute approximate surface area is 180 Å². The fourth-order valence-corrected chi connectivity index (χ4v) is 3.11. The second kappa shape index (κ2) is 9.13. The molecule has 7 heteroatoms. The molecule has 0 spiro atoms. The van der Waals surface area contributed by atoms with Gasteiger partial charge in [0.1, 0.15) is 0 Å².